The van der Waals surface area contributed by atoms with Crippen LogP contribution in [0.2, 0.25) is 0 Å². The molecule has 118 valence electrons. The van der Waals surface area contributed by atoms with Crippen molar-refractivity contribution in [3.63, 3.8) is 0 Å². The molecule has 0 aromatic carbocycles. The van der Waals surface area contributed by atoms with Crippen LogP contribution < -0.4 is 5.32 Å². The number of carbonyl (C=O) groups is 2. The van der Waals surface area contributed by atoms with Gasteiger partial charge >= 0.3 is 5.97 Å². The zero-order valence-electron chi connectivity index (χ0n) is 13.7. The summed E-state index contributed by atoms with van der Waals surface area (Å²) in [6.45, 7) is 11.4. The Morgan fingerprint density at radius 2 is 1.70 bits per heavy atom. The van der Waals surface area contributed by atoms with Crippen LogP contribution in [0.25, 0.3) is 0 Å². The highest BCUT2D eigenvalue weighted by Crippen LogP contribution is 2.12. The molecule has 0 bridgehead atoms. The molecule has 1 N–H and O–H groups in total. The van der Waals surface area contributed by atoms with Crippen LogP contribution in [0.3, 0.4) is 0 Å². The Hall–Kier alpha value is -1.10. The molecule has 0 aromatic rings. The quantitative estimate of drug-likeness (QED) is 0.657. The minimum absolute atomic E-state index is 0.213. The molecule has 0 aliphatic heterocycles. The van der Waals surface area contributed by atoms with Crippen molar-refractivity contribution < 1.29 is 14.3 Å². The second kappa shape index (κ2) is 9.75. The predicted octanol–water partition coefficient (Wildman–Crippen LogP) is 1.81. The van der Waals surface area contributed by atoms with E-state index in [1.807, 2.05) is 0 Å². The lowest BCUT2D eigenvalue weighted by atomic mass is 10.1. The molecule has 0 spiro atoms. The number of methoxy groups -OCH3 is 1. The number of nitrogens with one attached hydrogen (secondary N) is 1. The van der Waals surface area contributed by atoms with E-state index in [9.17, 15) is 9.59 Å². The highest BCUT2D eigenvalue weighted by atomic mass is 16.5. The van der Waals surface area contributed by atoms with Gasteiger partial charge in [-0.05, 0) is 18.8 Å². The molecule has 0 heterocycles. The Morgan fingerprint density at radius 3 is 2.05 bits per heavy atom. The molecule has 0 aliphatic rings. The van der Waals surface area contributed by atoms with Gasteiger partial charge in [-0.25, -0.2) is 4.79 Å². The predicted molar refractivity (Wildman–Crippen MR) is 80.4 cm³/mol. The van der Waals surface area contributed by atoms with Crippen molar-refractivity contribution in [2.45, 2.75) is 59.5 Å². The molecule has 5 heteroatoms. The lowest BCUT2D eigenvalue weighted by Crippen LogP contribution is -2.51. The largest absolute Gasteiger partial charge is 0.467 e. The fraction of sp³-hybridized carbons (Fsp3) is 0.867. The fourth-order valence-corrected chi connectivity index (χ4v) is 2.45. The lowest BCUT2D eigenvalue weighted by Gasteiger charge is -2.34. The van der Waals surface area contributed by atoms with Gasteiger partial charge in [0.05, 0.1) is 7.11 Å². The lowest BCUT2D eigenvalue weighted by molar-refractivity contribution is -0.145. The van der Waals surface area contributed by atoms with Gasteiger partial charge in [-0.3, -0.25) is 9.69 Å². The van der Waals surface area contributed by atoms with Gasteiger partial charge in [0.2, 0.25) is 5.91 Å². The van der Waals surface area contributed by atoms with Gasteiger partial charge in [0, 0.05) is 26.1 Å². The first-order valence-electron chi connectivity index (χ1n) is 7.44. The maximum Gasteiger partial charge on any atom is 0.329 e. The minimum atomic E-state index is -0.600. The van der Waals surface area contributed by atoms with Crippen LogP contribution in [0.5, 0.6) is 0 Å². The molecule has 0 fully saturated rings. The number of esters is 1. The van der Waals surface area contributed by atoms with E-state index >= 15 is 0 Å². The van der Waals surface area contributed by atoms with E-state index in [-0.39, 0.29) is 11.9 Å². The molecule has 20 heavy (non-hydrogen) atoms. The highest BCUT2D eigenvalue weighted by molar-refractivity contribution is 5.83. The smallest absolute Gasteiger partial charge is 0.329 e. The van der Waals surface area contributed by atoms with E-state index < -0.39 is 6.04 Å². The first-order valence-corrected chi connectivity index (χ1v) is 7.44. The highest BCUT2D eigenvalue weighted by Gasteiger charge is 2.26. The maximum absolute atomic E-state index is 11.8. The Morgan fingerprint density at radius 1 is 1.15 bits per heavy atom. The van der Waals surface area contributed by atoms with Crippen LogP contribution in [-0.2, 0) is 14.3 Å². The van der Waals surface area contributed by atoms with Gasteiger partial charge in [0.1, 0.15) is 6.04 Å². The van der Waals surface area contributed by atoms with Crippen molar-refractivity contribution in [1.29, 1.82) is 0 Å². The fourth-order valence-electron chi connectivity index (χ4n) is 2.45. The number of hydrogen-bond acceptors (Lipinski definition) is 4. The molecule has 0 aromatic heterocycles. The second-order valence-corrected chi connectivity index (χ2v) is 5.59. The van der Waals surface area contributed by atoms with E-state index in [0.717, 1.165) is 19.4 Å². The molecule has 0 saturated heterocycles. The Labute approximate surface area is 123 Å². The van der Waals surface area contributed by atoms with Crippen molar-refractivity contribution in [3.8, 4) is 0 Å². The van der Waals surface area contributed by atoms with Gasteiger partial charge in [-0.2, -0.15) is 0 Å². The molecule has 0 aliphatic carbocycles. The van der Waals surface area contributed by atoms with E-state index in [1.54, 1.807) is 0 Å². The summed E-state index contributed by atoms with van der Waals surface area (Å²) in [5, 5.41) is 2.68. The van der Waals surface area contributed by atoms with Crippen molar-refractivity contribution >= 4 is 11.9 Å². The van der Waals surface area contributed by atoms with Gasteiger partial charge < -0.3 is 10.1 Å². The molecule has 1 atom stereocenters. The third-order valence-electron chi connectivity index (χ3n) is 3.34. The number of rotatable bonds is 9. The van der Waals surface area contributed by atoms with Crippen LogP contribution in [0.15, 0.2) is 0 Å². The van der Waals surface area contributed by atoms with Gasteiger partial charge in [0.25, 0.3) is 0 Å². The Bertz CT molecular complexity index is 301. The zero-order valence-corrected chi connectivity index (χ0v) is 13.7. The summed E-state index contributed by atoms with van der Waals surface area (Å²) in [7, 11) is 1.35. The van der Waals surface area contributed by atoms with E-state index in [2.05, 4.69) is 37.9 Å². The second-order valence-electron chi connectivity index (χ2n) is 5.59. The Balaban J connectivity index is 4.94. The van der Waals surface area contributed by atoms with Crippen molar-refractivity contribution in [2.24, 2.45) is 5.92 Å². The standard InChI is InChI=1S/C15H30N2O3/c1-7-13(8-2)17(9-11(3)4)10-14(15(19)20-6)16-12(5)18/h11,13-14H,7-10H2,1-6H3,(H,16,18). The molecule has 0 saturated carbocycles. The van der Waals surface area contributed by atoms with E-state index in [0.29, 0.717) is 18.5 Å². The number of ether oxygens (including phenoxy) is 1. The number of hydrogen-bond donors (Lipinski definition) is 1. The van der Waals surface area contributed by atoms with E-state index in [4.69, 9.17) is 4.74 Å². The Kier molecular flexibility index (Phi) is 9.21. The maximum atomic E-state index is 11.8. The molecule has 0 rings (SSSR count). The van der Waals surface area contributed by atoms with Crippen LogP contribution >= 0.6 is 0 Å². The number of amides is 1. The summed E-state index contributed by atoms with van der Waals surface area (Å²) in [6.07, 6.45) is 2.05. The third-order valence-corrected chi connectivity index (χ3v) is 3.34. The van der Waals surface area contributed by atoms with Crippen LogP contribution in [0, 0.1) is 5.92 Å². The zero-order chi connectivity index (χ0) is 15.7. The normalized spacial score (nSPS) is 12.8. The first kappa shape index (κ1) is 18.9. The molecule has 1 amide bonds. The summed E-state index contributed by atoms with van der Waals surface area (Å²) in [5.41, 5.74) is 0. The van der Waals surface area contributed by atoms with Gasteiger partial charge in [0.15, 0.2) is 0 Å². The molecular formula is C15H30N2O3. The van der Waals surface area contributed by atoms with Crippen LogP contribution in [0.4, 0.5) is 0 Å². The first-order chi connectivity index (χ1) is 9.35. The molecule has 1 unspecified atom stereocenters. The molecular weight excluding hydrogens is 256 g/mol. The summed E-state index contributed by atoms with van der Waals surface area (Å²) in [6, 6.07) is -0.185. The summed E-state index contributed by atoms with van der Waals surface area (Å²) in [5.74, 6) is -0.0967. The van der Waals surface area contributed by atoms with Crippen molar-refractivity contribution in [3.05, 3.63) is 0 Å². The van der Waals surface area contributed by atoms with E-state index in [1.165, 1.54) is 14.0 Å². The molecule has 0 radical (unpaired) electrons. The minimum Gasteiger partial charge on any atom is -0.467 e. The SMILES string of the molecule is CCC(CC)N(CC(C)C)CC(NC(C)=O)C(=O)OC. The van der Waals surface area contributed by atoms with Gasteiger partial charge in [-0.15, -0.1) is 0 Å². The number of carbonyl (C=O) groups excluding carboxylic acids is 2. The monoisotopic (exact) mass is 286 g/mol. The number of nitrogens with zero attached hydrogens (tertiary/aromatic N) is 1. The summed E-state index contributed by atoms with van der Waals surface area (Å²) < 4.78 is 4.79. The van der Waals surface area contributed by atoms with Crippen molar-refractivity contribution in [2.75, 3.05) is 20.2 Å². The average molecular weight is 286 g/mol. The van der Waals surface area contributed by atoms with Crippen molar-refractivity contribution in [1.82, 2.24) is 10.2 Å². The summed E-state index contributed by atoms with van der Waals surface area (Å²) in [4.78, 5) is 25.3. The van der Waals surface area contributed by atoms with Crippen LogP contribution in [0.1, 0.15) is 47.5 Å². The third kappa shape index (κ3) is 6.89. The topological polar surface area (TPSA) is 58.6 Å². The summed E-state index contributed by atoms with van der Waals surface area (Å²) >= 11 is 0. The molecule has 5 nitrogen and oxygen atoms in total. The average Bonchev–Trinajstić information content (AvgIpc) is 2.37. The van der Waals surface area contributed by atoms with Crippen LogP contribution in [-0.4, -0.2) is 49.1 Å². The van der Waals surface area contributed by atoms with Gasteiger partial charge in [-0.1, -0.05) is 27.7 Å².